The van der Waals surface area contributed by atoms with E-state index in [2.05, 4.69) is 0 Å². The molecule has 0 bridgehead atoms. The molecule has 0 fully saturated rings. The molecule has 0 saturated heterocycles. The molecule has 16 heavy (non-hydrogen) atoms. The number of rotatable bonds is 6. The Labute approximate surface area is 95.9 Å². The standard InChI is InChI=1S/C12H18N2O2/c1-3-15-10-6-5-9(8-12(13)14)7-11(10)16-4-2/h5-7H,3-4,8H2,1-2H3,(H3,13,14). The van der Waals surface area contributed by atoms with Crippen LogP contribution < -0.4 is 15.2 Å². The summed E-state index contributed by atoms with van der Waals surface area (Å²) in [5.74, 6) is 1.59. The van der Waals surface area contributed by atoms with Crippen molar-refractivity contribution in [3.63, 3.8) is 0 Å². The van der Waals surface area contributed by atoms with Crippen molar-refractivity contribution >= 4 is 5.84 Å². The third-order valence-corrected chi connectivity index (χ3v) is 2.00. The third kappa shape index (κ3) is 3.46. The summed E-state index contributed by atoms with van der Waals surface area (Å²) in [7, 11) is 0. The Bertz CT molecular complexity index is 364. The van der Waals surface area contributed by atoms with E-state index in [0.717, 1.165) is 11.3 Å². The molecule has 0 aliphatic rings. The fraction of sp³-hybridized carbons (Fsp3) is 0.417. The van der Waals surface area contributed by atoms with Crippen LogP contribution >= 0.6 is 0 Å². The smallest absolute Gasteiger partial charge is 0.161 e. The number of hydrogen-bond acceptors (Lipinski definition) is 3. The molecule has 0 aliphatic carbocycles. The summed E-state index contributed by atoms with van der Waals surface area (Å²) < 4.78 is 10.9. The molecule has 0 atom stereocenters. The van der Waals surface area contributed by atoms with Crippen LogP contribution in [0, 0.1) is 5.41 Å². The fourth-order valence-corrected chi connectivity index (χ4v) is 1.43. The van der Waals surface area contributed by atoms with E-state index in [0.29, 0.717) is 25.4 Å². The van der Waals surface area contributed by atoms with Crippen LogP contribution in [0.25, 0.3) is 0 Å². The van der Waals surface area contributed by atoms with Crippen molar-refractivity contribution in [3.8, 4) is 11.5 Å². The van der Waals surface area contributed by atoms with Crippen LogP contribution in [-0.4, -0.2) is 19.0 Å². The highest BCUT2D eigenvalue weighted by atomic mass is 16.5. The molecule has 1 rings (SSSR count). The normalized spacial score (nSPS) is 9.88. The van der Waals surface area contributed by atoms with Crippen molar-refractivity contribution in [1.82, 2.24) is 0 Å². The Morgan fingerprint density at radius 3 is 2.38 bits per heavy atom. The summed E-state index contributed by atoms with van der Waals surface area (Å²) in [6, 6.07) is 5.62. The zero-order chi connectivity index (χ0) is 12.0. The maximum Gasteiger partial charge on any atom is 0.161 e. The first kappa shape index (κ1) is 12.4. The van der Waals surface area contributed by atoms with Gasteiger partial charge in [0.1, 0.15) is 0 Å². The number of amidine groups is 1. The predicted octanol–water partition coefficient (Wildman–Crippen LogP) is 1.96. The van der Waals surface area contributed by atoms with Gasteiger partial charge in [-0.15, -0.1) is 0 Å². The zero-order valence-corrected chi connectivity index (χ0v) is 9.75. The SMILES string of the molecule is CCOc1ccc(CC(=N)N)cc1OCC. The van der Waals surface area contributed by atoms with Gasteiger partial charge in [-0.3, -0.25) is 5.41 Å². The molecule has 0 spiro atoms. The van der Waals surface area contributed by atoms with Crippen LogP contribution in [0.15, 0.2) is 18.2 Å². The van der Waals surface area contributed by atoms with Crippen LogP contribution in [0.5, 0.6) is 11.5 Å². The number of nitrogens with one attached hydrogen (secondary N) is 1. The molecular weight excluding hydrogens is 204 g/mol. The van der Waals surface area contributed by atoms with Gasteiger partial charge in [0, 0.05) is 6.42 Å². The number of ether oxygens (including phenoxy) is 2. The highest BCUT2D eigenvalue weighted by Gasteiger charge is 2.06. The lowest BCUT2D eigenvalue weighted by Crippen LogP contribution is -2.12. The second kappa shape index (κ2) is 6.00. The Morgan fingerprint density at radius 2 is 1.81 bits per heavy atom. The van der Waals surface area contributed by atoms with Gasteiger partial charge in [0.2, 0.25) is 0 Å². The van der Waals surface area contributed by atoms with E-state index in [1.807, 2.05) is 32.0 Å². The van der Waals surface area contributed by atoms with Crippen molar-refractivity contribution in [2.75, 3.05) is 13.2 Å². The van der Waals surface area contributed by atoms with E-state index in [-0.39, 0.29) is 5.84 Å². The quantitative estimate of drug-likeness (QED) is 0.571. The van der Waals surface area contributed by atoms with Gasteiger partial charge in [-0.2, -0.15) is 0 Å². The molecule has 0 saturated carbocycles. The van der Waals surface area contributed by atoms with E-state index in [4.69, 9.17) is 20.6 Å². The molecule has 0 aromatic heterocycles. The second-order valence-corrected chi connectivity index (χ2v) is 3.35. The molecule has 1 aromatic carbocycles. The molecule has 0 aliphatic heterocycles. The van der Waals surface area contributed by atoms with E-state index < -0.39 is 0 Å². The topological polar surface area (TPSA) is 68.3 Å². The Kier molecular flexibility index (Phi) is 4.64. The molecule has 0 heterocycles. The molecule has 4 heteroatoms. The lowest BCUT2D eigenvalue weighted by molar-refractivity contribution is 0.287. The van der Waals surface area contributed by atoms with Gasteiger partial charge in [0.05, 0.1) is 19.0 Å². The Hall–Kier alpha value is -1.71. The fourth-order valence-electron chi connectivity index (χ4n) is 1.43. The number of hydrogen-bond donors (Lipinski definition) is 2. The van der Waals surface area contributed by atoms with Crippen LogP contribution in [-0.2, 0) is 6.42 Å². The van der Waals surface area contributed by atoms with Gasteiger partial charge in [-0.1, -0.05) is 6.07 Å². The average molecular weight is 222 g/mol. The molecule has 3 N–H and O–H groups in total. The maximum absolute atomic E-state index is 7.24. The predicted molar refractivity (Wildman–Crippen MR) is 64.4 cm³/mol. The van der Waals surface area contributed by atoms with E-state index in [1.165, 1.54) is 0 Å². The first-order valence-electron chi connectivity index (χ1n) is 5.38. The Balaban J connectivity index is 2.92. The van der Waals surface area contributed by atoms with Crippen LogP contribution in [0.4, 0.5) is 0 Å². The molecule has 88 valence electrons. The van der Waals surface area contributed by atoms with Gasteiger partial charge in [0.25, 0.3) is 0 Å². The first-order valence-corrected chi connectivity index (χ1v) is 5.38. The van der Waals surface area contributed by atoms with E-state index >= 15 is 0 Å². The number of nitrogens with two attached hydrogens (primary N) is 1. The molecule has 4 nitrogen and oxygen atoms in total. The summed E-state index contributed by atoms with van der Waals surface area (Å²) in [6.07, 6.45) is 0.437. The molecular formula is C12H18N2O2. The molecule has 0 amide bonds. The maximum atomic E-state index is 7.24. The van der Waals surface area contributed by atoms with Crippen LogP contribution in [0.1, 0.15) is 19.4 Å². The van der Waals surface area contributed by atoms with Crippen molar-refractivity contribution in [2.45, 2.75) is 20.3 Å². The summed E-state index contributed by atoms with van der Waals surface area (Å²) in [5, 5.41) is 7.24. The van der Waals surface area contributed by atoms with Crippen molar-refractivity contribution < 1.29 is 9.47 Å². The van der Waals surface area contributed by atoms with Crippen LogP contribution in [0.3, 0.4) is 0 Å². The summed E-state index contributed by atoms with van der Waals surface area (Å²) in [5.41, 5.74) is 6.31. The lowest BCUT2D eigenvalue weighted by Gasteiger charge is -2.12. The van der Waals surface area contributed by atoms with Gasteiger partial charge in [-0.05, 0) is 31.5 Å². The highest BCUT2D eigenvalue weighted by molar-refractivity contribution is 5.79. The van der Waals surface area contributed by atoms with Gasteiger partial charge in [-0.25, -0.2) is 0 Å². The summed E-state index contributed by atoms with van der Waals surface area (Å²) in [6.45, 7) is 5.04. The Morgan fingerprint density at radius 1 is 1.19 bits per heavy atom. The van der Waals surface area contributed by atoms with Gasteiger partial charge >= 0.3 is 0 Å². The molecule has 0 unspecified atom stereocenters. The third-order valence-electron chi connectivity index (χ3n) is 2.00. The van der Waals surface area contributed by atoms with Gasteiger partial charge in [0.15, 0.2) is 11.5 Å². The largest absolute Gasteiger partial charge is 0.490 e. The highest BCUT2D eigenvalue weighted by Crippen LogP contribution is 2.28. The lowest BCUT2D eigenvalue weighted by atomic mass is 10.1. The number of benzene rings is 1. The van der Waals surface area contributed by atoms with E-state index in [9.17, 15) is 0 Å². The first-order chi connectivity index (χ1) is 7.67. The van der Waals surface area contributed by atoms with Gasteiger partial charge < -0.3 is 15.2 Å². The molecule has 0 radical (unpaired) electrons. The average Bonchev–Trinajstić information content (AvgIpc) is 2.21. The van der Waals surface area contributed by atoms with Crippen molar-refractivity contribution in [3.05, 3.63) is 23.8 Å². The summed E-state index contributed by atoms with van der Waals surface area (Å²) in [4.78, 5) is 0. The zero-order valence-electron chi connectivity index (χ0n) is 9.75. The molecule has 1 aromatic rings. The van der Waals surface area contributed by atoms with Crippen molar-refractivity contribution in [1.29, 1.82) is 5.41 Å². The minimum atomic E-state index is 0.145. The minimum absolute atomic E-state index is 0.145. The van der Waals surface area contributed by atoms with E-state index in [1.54, 1.807) is 0 Å². The summed E-state index contributed by atoms with van der Waals surface area (Å²) >= 11 is 0. The second-order valence-electron chi connectivity index (χ2n) is 3.35. The van der Waals surface area contributed by atoms with Crippen molar-refractivity contribution in [2.24, 2.45) is 5.73 Å². The van der Waals surface area contributed by atoms with Crippen LogP contribution in [0.2, 0.25) is 0 Å². The monoisotopic (exact) mass is 222 g/mol. The minimum Gasteiger partial charge on any atom is -0.490 e.